The van der Waals surface area contributed by atoms with Crippen LogP contribution in [0.2, 0.25) is 0 Å². The van der Waals surface area contributed by atoms with E-state index in [4.69, 9.17) is 9.47 Å². The van der Waals surface area contributed by atoms with Crippen LogP contribution in [0.1, 0.15) is 38.5 Å². The molecule has 0 bridgehead atoms. The quantitative estimate of drug-likeness (QED) is 0.661. The summed E-state index contributed by atoms with van der Waals surface area (Å²) >= 11 is 0. The van der Waals surface area contributed by atoms with Crippen LogP contribution in [-0.4, -0.2) is 56.7 Å². The Morgan fingerprint density at radius 1 is 1.16 bits per heavy atom. The Morgan fingerprint density at radius 2 is 2.05 bits per heavy atom. The van der Waals surface area contributed by atoms with E-state index in [0.717, 1.165) is 39.0 Å². The van der Waals surface area contributed by atoms with Crippen molar-refractivity contribution in [2.75, 3.05) is 40.0 Å². The van der Waals surface area contributed by atoms with Crippen LogP contribution >= 0.6 is 0 Å². The molecule has 0 aromatic carbocycles. The van der Waals surface area contributed by atoms with Gasteiger partial charge in [0.25, 0.3) is 0 Å². The maximum atomic E-state index is 12.1. The highest BCUT2D eigenvalue weighted by atomic mass is 16.5. The lowest BCUT2D eigenvalue weighted by molar-refractivity contribution is -0.126. The highest BCUT2D eigenvalue weighted by molar-refractivity contribution is 5.82. The van der Waals surface area contributed by atoms with Gasteiger partial charge in [-0.25, -0.2) is 0 Å². The van der Waals surface area contributed by atoms with Gasteiger partial charge in [0.2, 0.25) is 0 Å². The number of Topliss-reactive ketones (excluding diaryl/α,β-unsaturated/α-hetero) is 1. The lowest BCUT2D eigenvalue weighted by Gasteiger charge is -2.33. The topological polar surface area (TPSA) is 38.8 Å². The molecule has 1 aliphatic heterocycles. The van der Waals surface area contributed by atoms with Crippen molar-refractivity contribution in [3.05, 3.63) is 0 Å². The molecule has 2 unspecified atom stereocenters. The van der Waals surface area contributed by atoms with Crippen molar-refractivity contribution < 1.29 is 14.3 Å². The lowest BCUT2D eigenvalue weighted by Crippen LogP contribution is -2.42. The molecule has 110 valence electrons. The molecule has 4 heteroatoms. The fourth-order valence-corrected chi connectivity index (χ4v) is 3.43. The van der Waals surface area contributed by atoms with Crippen LogP contribution in [0.5, 0.6) is 0 Å². The highest BCUT2D eigenvalue weighted by Gasteiger charge is 2.36. The van der Waals surface area contributed by atoms with E-state index in [9.17, 15) is 4.79 Å². The van der Waals surface area contributed by atoms with E-state index in [-0.39, 0.29) is 0 Å². The van der Waals surface area contributed by atoms with Gasteiger partial charge in [-0.05, 0) is 32.2 Å². The van der Waals surface area contributed by atoms with Gasteiger partial charge in [0.1, 0.15) is 5.78 Å². The minimum Gasteiger partial charge on any atom is -0.382 e. The van der Waals surface area contributed by atoms with Crippen molar-refractivity contribution in [3.8, 4) is 0 Å². The Hall–Kier alpha value is -0.450. The fourth-order valence-electron chi connectivity index (χ4n) is 3.43. The molecule has 0 aromatic rings. The zero-order valence-corrected chi connectivity index (χ0v) is 12.1. The van der Waals surface area contributed by atoms with Crippen LogP contribution in [-0.2, 0) is 14.3 Å². The van der Waals surface area contributed by atoms with Crippen LogP contribution < -0.4 is 0 Å². The van der Waals surface area contributed by atoms with Crippen LogP contribution in [0.4, 0.5) is 0 Å². The molecule has 0 radical (unpaired) electrons. The first-order valence-corrected chi connectivity index (χ1v) is 7.66. The summed E-state index contributed by atoms with van der Waals surface area (Å²) in [6.07, 6.45) is 6.65. The van der Waals surface area contributed by atoms with Gasteiger partial charge in [-0.15, -0.1) is 0 Å². The van der Waals surface area contributed by atoms with Crippen LogP contribution in [0.25, 0.3) is 0 Å². The van der Waals surface area contributed by atoms with Crippen molar-refractivity contribution in [2.24, 2.45) is 5.92 Å². The van der Waals surface area contributed by atoms with Crippen LogP contribution in [0.15, 0.2) is 0 Å². The minimum atomic E-state index is 0.301. The molecule has 1 saturated heterocycles. The Kier molecular flexibility index (Phi) is 6.28. The van der Waals surface area contributed by atoms with E-state index in [1.165, 1.54) is 19.3 Å². The molecule has 2 aliphatic rings. The smallest absolute Gasteiger partial charge is 0.137 e. The molecular weight excluding hydrogens is 242 g/mol. The molecule has 1 saturated carbocycles. The van der Waals surface area contributed by atoms with Gasteiger partial charge in [0.05, 0.1) is 19.8 Å². The molecule has 1 heterocycles. The van der Waals surface area contributed by atoms with Gasteiger partial charge >= 0.3 is 0 Å². The number of hydrogen-bond acceptors (Lipinski definition) is 4. The Bertz CT molecular complexity index is 283. The van der Waals surface area contributed by atoms with Crippen molar-refractivity contribution in [2.45, 2.75) is 44.6 Å². The maximum absolute atomic E-state index is 12.1. The van der Waals surface area contributed by atoms with Crippen LogP contribution in [0.3, 0.4) is 0 Å². The number of rotatable bonds is 7. The summed E-state index contributed by atoms with van der Waals surface area (Å²) in [6, 6.07) is 0.485. The first-order chi connectivity index (χ1) is 9.33. The summed E-state index contributed by atoms with van der Waals surface area (Å²) in [7, 11) is 1.69. The number of ketones is 1. The third-order valence-corrected chi connectivity index (χ3v) is 4.44. The fraction of sp³-hybridized carbons (Fsp3) is 0.933. The predicted octanol–water partition coefficient (Wildman–Crippen LogP) is 1.87. The molecule has 0 N–H and O–H groups in total. The lowest BCUT2D eigenvalue weighted by atomic mass is 9.82. The maximum Gasteiger partial charge on any atom is 0.137 e. The molecule has 19 heavy (non-hydrogen) atoms. The standard InChI is InChI=1S/C15H27NO3/c1-18-11-12-19-10-9-16-8-4-6-14(16)13-5-2-3-7-15(13)17/h13-14H,2-12H2,1H3. The number of ether oxygens (including phenoxy) is 2. The Balaban J connectivity index is 1.74. The van der Waals surface area contributed by atoms with Gasteiger partial charge in [-0.1, -0.05) is 6.42 Å². The second-order valence-corrected chi connectivity index (χ2v) is 5.67. The number of carbonyl (C=O) groups is 1. The van der Waals surface area contributed by atoms with E-state index in [1.807, 2.05) is 0 Å². The van der Waals surface area contributed by atoms with E-state index in [1.54, 1.807) is 7.11 Å². The molecule has 2 rings (SSSR count). The molecular formula is C15H27NO3. The molecule has 1 aliphatic carbocycles. The van der Waals surface area contributed by atoms with Crippen molar-refractivity contribution >= 4 is 5.78 Å². The van der Waals surface area contributed by atoms with Crippen molar-refractivity contribution in [3.63, 3.8) is 0 Å². The van der Waals surface area contributed by atoms with Crippen molar-refractivity contribution in [1.82, 2.24) is 4.90 Å². The van der Waals surface area contributed by atoms with E-state index in [0.29, 0.717) is 31.0 Å². The number of carbonyl (C=O) groups excluding carboxylic acids is 1. The third-order valence-electron chi connectivity index (χ3n) is 4.44. The third kappa shape index (κ3) is 4.26. The molecule has 4 nitrogen and oxygen atoms in total. The summed E-state index contributed by atoms with van der Waals surface area (Å²) in [5, 5.41) is 0. The zero-order valence-electron chi connectivity index (χ0n) is 12.1. The first-order valence-electron chi connectivity index (χ1n) is 7.66. The molecule has 0 amide bonds. The predicted molar refractivity (Wildman–Crippen MR) is 74.3 cm³/mol. The first kappa shape index (κ1) is 14.9. The van der Waals surface area contributed by atoms with E-state index < -0.39 is 0 Å². The second kappa shape index (κ2) is 7.98. The average molecular weight is 269 g/mol. The molecule has 0 aromatic heterocycles. The zero-order chi connectivity index (χ0) is 13.5. The normalized spacial score (nSPS) is 29.0. The summed E-state index contributed by atoms with van der Waals surface area (Å²) in [5.74, 6) is 0.804. The SMILES string of the molecule is COCCOCCN1CCCC1C1CCCCC1=O. The monoisotopic (exact) mass is 269 g/mol. The second-order valence-electron chi connectivity index (χ2n) is 5.67. The number of hydrogen-bond donors (Lipinski definition) is 0. The van der Waals surface area contributed by atoms with Crippen LogP contribution in [0, 0.1) is 5.92 Å². The summed E-state index contributed by atoms with van der Waals surface area (Å²) in [6.45, 7) is 4.16. The molecule has 2 fully saturated rings. The van der Waals surface area contributed by atoms with E-state index >= 15 is 0 Å². The summed E-state index contributed by atoms with van der Waals surface area (Å²) in [4.78, 5) is 14.5. The molecule has 0 spiro atoms. The largest absolute Gasteiger partial charge is 0.382 e. The van der Waals surface area contributed by atoms with Gasteiger partial charge in [0.15, 0.2) is 0 Å². The number of likely N-dealkylation sites (tertiary alicyclic amines) is 1. The Morgan fingerprint density at radius 3 is 2.84 bits per heavy atom. The van der Waals surface area contributed by atoms with Gasteiger partial charge in [-0.2, -0.15) is 0 Å². The summed E-state index contributed by atoms with van der Waals surface area (Å²) in [5.41, 5.74) is 0. The number of nitrogens with zero attached hydrogens (tertiary/aromatic N) is 1. The van der Waals surface area contributed by atoms with Gasteiger partial charge < -0.3 is 9.47 Å². The summed E-state index contributed by atoms with van der Waals surface area (Å²) < 4.78 is 10.5. The minimum absolute atomic E-state index is 0.301. The van der Waals surface area contributed by atoms with E-state index in [2.05, 4.69) is 4.90 Å². The van der Waals surface area contributed by atoms with Gasteiger partial charge in [0, 0.05) is 32.0 Å². The van der Waals surface area contributed by atoms with Gasteiger partial charge in [-0.3, -0.25) is 9.69 Å². The van der Waals surface area contributed by atoms with Crippen molar-refractivity contribution in [1.29, 1.82) is 0 Å². The Labute approximate surface area is 116 Å². The highest BCUT2D eigenvalue weighted by Crippen LogP contribution is 2.32. The average Bonchev–Trinajstić information content (AvgIpc) is 2.87. The molecule has 2 atom stereocenters. The number of methoxy groups -OCH3 is 1.